The van der Waals surface area contributed by atoms with Gasteiger partial charge in [-0.05, 0) is 68.2 Å². The fraction of sp³-hybridized carbons (Fsp3) is 0.391. The second kappa shape index (κ2) is 8.28. The molecule has 0 spiro atoms. The molecule has 1 saturated heterocycles. The lowest BCUT2D eigenvalue weighted by Crippen LogP contribution is -2.35. The van der Waals surface area contributed by atoms with Gasteiger partial charge in [0.15, 0.2) is 5.82 Å². The Morgan fingerprint density at radius 2 is 1.83 bits per heavy atom. The molecule has 2 aliphatic rings. The predicted molar refractivity (Wildman–Crippen MR) is 119 cm³/mol. The molecule has 1 fully saturated rings. The van der Waals surface area contributed by atoms with Crippen molar-refractivity contribution in [3.05, 3.63) is 58.9 Å². The van der Waals surface area contributed by atoms with Crippen LogP contribution in [-0.2, 0) is 13.0 Å². The number of anilines is 1. The van der Waals surface area contributed by atoms with Crippen molar-refractivity contribution >= 4 is 17.3 Å². The molecule has 0 bridgehead atoms. The molecule has 5 rings (SSSR count). The maximum atomic E-state index is 6.01. The van der Waals surface area contributed by atoms with Gasteiger partial charge in [-0.3, -0.25) is 0 Å². The lowest BCUT2D eigenvalue weighted by atomic mass is 9.95. The minimum atomic E-state index is 0.431. The molecule has 156 valence electrons. The lowest BCUT2D eigenvalue weighted by molar-refractivity contribution is 0.208. The number of benzene rings is 2. The van der Waals surface area contributed by atoms with E-state index in [-0.39, 0.29) is 0 Å². The quantitative estimate of drug-likeness (QED) is 0.642. The fourth-order valence-corrected chi connectivity index (χ4v) is 4.61. The first kappa shape index (κ1) is 19.4. The van der Waals surface area contributed by atoms with Crippen LogP contribution in [0.2, 0.25) is 5.02 Å². The Labute approximate surface area is 181 Å². The van der Waals surface area contributed by atoms with Gasteiger partial charge in [-0.15, -0.1) is 10.2 Å². The van der Waals surface area contributed by atoms with E-state index < -0.39 is 0 Å². The van der Waals surface area contributed by atoms with Crippen molar-refractivity contribution in [3.63, 3.8) is 0 Å². The van der Waals surface area contributed by atoms with E-state index in [9.17, 15) is 0 Å². The second-order valence-electron chi connectivity index (χ2n) is 8.13. The van der Waals surface area contributed by atoms with E-state index in [4.69, 9.17) is 22.1 Å². The first-order valence-electron chi connectivity index (χ1n) is 10.6. The third-order valence-corrected chi connectivity index (χ3v) is 6.43. The predicted octanol–water partition coefficient (Wildman–Crippen LogP) is 4.00. The highest BCUT2D eigenvalue weighted by Gasteiger charge is 2.28. The monoisotopic (exact) mass is 423 g/mol. The molecule has 1 aromatic heterocycles. The topological polar surface area (TPSA) is 69.2 Å². The molecule has 2 N–H and O–H groups in total. The summed E-state index contributed by atoms with van der Waals surface area (Å²) < 4.78 is 8.16. The molecule has 3 aromatic rings. The van der Waals surface area contributed by atoms with Crippen LogP contribution in [0, 0.1) is 0 Å². The van der Waals surface area contributed by atoms with Crippen molar-refractivity contribution in [1.82, 2.24) is 19.7 Å². The third kappa shape index (κ3) is 3.89. The van der Waals surface area contributed by atoms with Crippen molar-refractivity contribution in [3.8, 4) is 17.1 Å². The number of halogens is 1. The fourth-order valence-electron chi connectivity index (χ4n) is 4.48. The van der Waals surface area contributed by atoms with Gasteiger partial charge in [0.1, 0.15) is 18.2 Å². The summed E-state index contributed by atoms with van der Waals surface area (Å²) in [5, 5.41) is 9.93. The molecular weight excluding hydrogens is 398 g/mol. The molecule has 3 heterocycles. The Kier molecular flexibility index (Phi) is 5.35. The number of hydrogen-bond donors (Lipinski definition) is 1. The average Bonchev–Trinajstić information content (AvgIpc) is 3.10. The van der Waals surface area contributed by atoms with Gasteiger partial charge in [0.25, 0.3) is 0 Å². The molecule has 30 heavy (non-hydrogen) atoms. The SMILES string of the molecule is Nc1ccc2c(c1)-c1nnc(C3CCN(CCc4ccc(Cl)cc4)CC3)n1CCO2. The van der Waals surface area contributed by atoms with Crippen LogP contribution in [0.5, 0.6) is 5.75 Å². The number of aromatic nitrogens is 3. The van der Waals surface area contributed by atoms with Crippen LogP contribution in [-0.4, -0.2) is 45.9 Å². The summed E-state index contributed by atoms with van der Waals surface area (Å²) in [7, 11) is 0. The molecule has 2 aliphatic heterocycles. The summed E-state index contributed by atoms with van der Waals surface area (Å²) in [5.41, 5.74) is 8.99. The first-order valence-corrected chi connectivity index (χ1v) is 11.0. The van der Waals surface area contributed by atoms with Crippen molar-refractivity contribution in [2.45, 2.75) is 31.7 Å². The maximum Gasteiger partial charge on any atom is 0.167 e. The van der Waals surface area contributed by atoms with Gasteiger partial charge in [0.05, 0.1) is 12.1 Å². The van der Waals surface area contributed by atoms with Gasteiger partial charge in [0, 0.05) is 23.2 Å². The first-order chi connectivity index (χ1) is 14.7. The number of hydrogen-bond acceptors (Lipinski definition) is 5. The summed E-state index contributed by atoms with van der Waals surface area (Å²) in [6, 6.07) is 13.9. The summed E-state index contributed by atoms with van der Waals surface area (Å²) >= 11 is 5.98. The van der Waals surface area contributed by atoms with Crippen LogP contribution >= 0.6 is 11.6 Å². The highest BCUT2D eigenvalue weighted by Crippen LogP contribution is 2.36. The van der Waals surface area contributed by atoms with Gasteiger partial charge in [-0.25, -0.2) is 0 Å². The summed E-state index contributed by atoms with van der Waals surface area (Å²) in [6.07, 6.45) is 3.25. The maximum absolute atomic E-state index is 6.01. The Morgan fingerprint density at radius 3 is 2.63 bits per heavy atom. The van der Waals surface area contributed by atoms with Crippen LogP contribution in [0.15, 0.2) is 42.5 Å². The number of nitrogens with zero attached hydrogens (tertiary/aromatic N) is 4. The third-order valence-electron chi connectivity index (χ3n) is 6.18. The van der Waals surface area contributed by atoms with E-state index >= 15 is 0 Å². The van der Waals surface area contributed by atoms with Crippen molar-refractivity contribution in [2.75, 3.05) is 32.0 Å². The van der Waals surface area contributed by atoms with E-state index in [0.29, 0.717) is 18.2 Å². The van der Waals surface area contributed by atoms with E-state index in [1.165, 1.54) is 5.56 Å². The van der Waals surface area contributed by atoms with Crippen LogP contribution in [0.3, 0.4) is 0 Å². The number of fused-ring (bicyclic) bond motifs is 3. The standard InChI is InChI=1S/C23H26ClN5O/c24-18-3-1-16(2-4-18)7-10-28-11-8-17(9-12-28)22-26-27-23-20-15-19(25)5-6-21(20)30-14-13-29(22)23/h1-6,15,17H,7-14,25H2. The Hall–Kier alpha value is -2.57. The van der Waals surface area contributed by atoms with Gasteiger partial charge in [-0.1, -0.05) is 23.7 Å². The largest absolute Gasteiger partial charge is 0.491 e. The highest BCUT2D eigenvalue weighted by atomic mass is 35.5. The molecule has 7 heteroatoms. The molecule has 2 aromatic carbocycles. The summed E-state index contributed by atoms with van der Waals surface area (Å²) in [5.74, 6) is 3.22. The molecule has 0 radical (unpaired) electrons. The summed E-state index contributed by atoms with van der Waals surface area (Å²) in [4.78, 5) is 2.55. The Balaban J connectivity index is 1.26. The van der Waals surface area contributed by atoms with Gasteiger partial charge in [-0.2, -0.15) is 0 Å². The van der Waals surface area contributed by atoms with E-state index in [0.717, 1.165) is 73.4 Å². The van der Waals surface area contributed by atoms with Gasteiger partial charge in [0.2, 0.25) is 0 Å². The van der Waals surface area contributed by atoms with E-state index in [2.05, 4.69) is 31.8 Å². The smallest absolute Gasteiger partial charge is 0.167 e. The van der Waals surface area contributed by atoms with Crippen LogP contribution in [0.4, 0.5) is 5.69 Å². The normalized spacial score (nSPS) is 17.1. The molecule has 0 amide bonds. The molecular formula is C23H26ClN5O. The van der Waals surface area contributed by atoms with E-state index in [1.54, 1.807) is 0 Å². The second-order valence-corrected chi connectivity index (χ2v) is 8.57. The minimum Gasteiger partial charge on any atom is -0.491 e. The van der Waals surface area contributed by atoms with Gasteiger partial charge >= 0.3 is 0 Å². The lowest BCUT2D eigenvalue weighted by Gasteiger charge is -2.31. The minimum absolute atomic E-state index is 0.431. The number of nitrogens with two attached hydrogens (primary N) is 1. The van der Waals surface area contributed by atoms with Crippen LogP contribution in [0.1, 0.15) is 30.1 Å². The van der Waals surface area contributed by atoms with Crippen LogP contribution in [0.25, 0.3) is 11.4 Å². The number of ether oxygens (including phenoxy) is 1. The number of piperidine rings is 1. The zero-order valence-electron chi connectivity index (χ0n) is 16.9. The van der Waals surface area contributed by atoms with Crippen molar-refractivity contribution in [2.24, 2.45) is 0 Å². The molecule has 0 saturated carbocycles. The van der Waals surface area contributed by atoms with E-state index in [1.807, 2.05) is 30.3 Å². The average molecular weight is 424 g/mol. The highest BCUT2D eigenvalue weighted by molar-refractivity contribution is 6.30. The zero-order chi connectivity index (χ0) is 20.5. The zero-order valence-corrected chi connectivity index (χ0v) is 17.7. The van der Waals surface area contributed by atoms with Crippen LogP contribution < -0.4 is 10.5 Å². The van der Waals surface area contributed by atoms with Crippen molar-refractivity contribution in [1.29, 1.82) is 0 Å². The Bertz CT molecular complexity index is 1020. The number of nitrogen functional groups attached to an aromatic ring is 1. The summed E-state index contributed by atoms with van der Waals surface area (Å²) in [6.45, 7) is 4.63. The van der Waals surface area contributed by atoms with Crippen molar-refractivity contribution < 1.29 is 4.74 Å². The molecule has 0 atom stereocenters. The molecule has 0 unspecified atom stereocenters. The molecule has 0 aliphatic carbocycles. The molecule has 6 nitrogen and oxygen atoms in total. The number of rotatable bonds is 4. The Morgan fingerprint density at radius 1 is 1.03 bits per heavy atom. The number of likely N-dealkylation sites (tertiary alicyclic amines) is 1. The van der Waals surface area contributed by atoms with Gasteiger partial charge < -0.3 is 19.9 Å².